The van der Waals surface area contributed by atoms with Crippen molar-refractivity contribution in [2.45, 2.75) is 64.5 Å². The van der Waals surface area contributed by atoms with Crippen molar-refractivity contribution >= 4 is 16.0 Å². The van der Waals surface area contributed by atoms with Crippen molar-refractivity contribution in [3.8, 4) is 0 Å². The third-order valence-electron chi connectivity index (χ3n) is 4.56. The van der Waals surface area contributed by atoms with E-state index in [9.17, 15) is 8.42 Å². The Hall–Kier alpha value is -1.64. The predicted octanol–water partition coefficient (Wildman–Crippen LogP) is 2.14. The molecule has 1 fully saturated rings. The van der Waals surface area contributed by atoms with Crippen LogP contribution in [-0.2, 0) is 27.1 Å². The normalized spacial score (nSPS) is 20.5. The Balaban J connectivity index is 2.07. The second kappa shape index (κ2) is 10.2. The van der Waals surface area contributed by atoms with E-state index in [4.69, 9.17) is 4.74 Å². The number of guanidine groups is 1. The Morgan fingerprint density at radius 1 is 1.25 bits per heavy atom. The fourth-order valence-corrected chi connectivity index (χ4v) is 4.70. The molecule has 1 aromatic carbocycles. The first-order chi connectivity index (χ1) is 13.2. The third-order valence-corrected chi connectivity index (χ3v) is 6.08. The lowest BCUT2D eigenvalue weighted by atomic mass is 10.0. The SMILES string of the molecule is CCNC(=NCc1ccccc1CS(=O)(=O)NC(C)C)NCC1(C)CCCO1. The van der Waals surface area contributed by atoms with Gasteiger partial charge in [-0.2, -0.15) is 0 Å². The number of sulfonamides is 1. The van der Waals surface area contributed by atoms with Crippen LogP contribution in [0, 0.1) is 0 Å². The first-order valence-corrected chi connectivity index (χ1v) is 11.6. The van der Waals surface area contributed by atoms with E-state index in [0.717, 1.165) is 37.1 Å². The molecule has 0 spiro atoms. The van der Waals surface area contributed by atoms with E-state index in [0.29, 0.717) is 19.0 Å². The van der Waals surface area contributed by atoms with Gasteiger partial charge in [-0.3, -0.25) is 0 Å². The molecule has 0 amide bonds. The Kier molecular flexibility index (Phi) is 8.27. The largest absolute Gasteiger partial charge is 0.373 e. The lowest BCUT2D eigenvalue weighted by Crippen LogP contribution is -2.45. The zero-order chi connectivity index (χ0) is 20.6. The Morgan fingerprint density at radius 2 is 1.96 bits per heavy atom. The summed E-state index contributed by atoms with van der Waals surface area (Å²) < 4.78 is 33.1. The Labute approximate surface area is 169 Å². The van der Waals surface area contributed by atoms with Crippen molar-refractivity contribution in [3.63, 3.8) is 0 Å². The summed E-state index contributed by atoms with van der Waals surface area (Å²) in [5.41, 5.74) is 1.50. The van der Waals surface area contributed by atoms with Crippen LogP contribution in [0.1, 0.15) is 51.7 Å². The van der Waals surface area contributed by atoms with Crippen LogP contribution in [0.5, 0.6) is 0 Å². The van der Waals surface area contributed by atoms with Crippen molar-refractivity contribution < 1.29 is 13.2 Å². The quantitative estimate of drug-likeness (QED) is 0.429. The van der Waals surface area contributed by atoms with Crippen LogP contribution in [0.2, 0.25) is 0 Å². The minimum absolute atomic E-state index is 0.0489. The number of hydrogen-bond acceptors (Lipinski definition) is 4. The summed E-state index contributed by atoms with van der Waals surface area (Å²) >= 11 is 0. The number of ether oxygens (including phenoxy) is 1. The van der Waals surface area contributed by atoms with Crippen LogP contribution in [0.15, 0.2) is 29.3 Å². The molecule has 3 N–H and O–H groups in total. The second-order valence-corrected chi connectivity index (χ2v) is 9.50. The molecule has 7 nitrogen and oxygen atoms in total. The number of nitrogens with zero attached hydrogens (tertiary/aromatic N) is 1. The van der Waals surface area contributed by atoms with E-state index in [1.807, 2.05) is 45.0 Å². The van der Waals surface area contributed by atoms with E-state index >= 15 is 0 Å². The van der Waals surface area contributed by atoms with Gasteiger partial charge in [-0.25, -0.2) is 18.1 Å². The van der Waals surface area contributed by atoms with Crippen molar-refractivity contribution in [1.29, 1.82) is 0 Å². The van der Waals surface area contributed by atoms with E-state index in [1.165, 1.54) is 0 Å². The van der Waals surface area contributed by atoms with Gasteiger partial charge >= 0.3 is 0 Å². The highest BCUT2D eigenvalue weighted by atomic mass is 32.2. The molecule has 1 unspecified atom stereocenters. The topological polar surface area (TPSA) is 91.8 Å². The van der Waals surface area contributed by atoms with Gasteiger partial charge in [0.05, 0.1) is 17.9 Å². The van der Waals surface area contributed by atoms with Gasteiger partial charge in [0.25, 0.3) is 0 Å². The molecule has 0 aromatic heterocycles. The Morgan fingerprint density at radius 3 is 2.57 bits per heavy atom. The molecule has 158 valence electrons. The summed E-state index contributed by atoms with van der Waals surface area (Å²) in [7, 11) is -3.38. The highest BCUT2D eigenvalue weighted by Gasteiger charge is 2.29. The van der Waals surface area contributed by atoms with E-state index in [2.05, 4.69) is 27.3 Å². The number of benzene rings is 1. The van der Waals surface area contributed by atoms with Crippen molar-refractivity contribution in [2.24, 2.45) is 4.99 Å². The zero-order valence-electron chi connectivity index (χ0n) is 17.4. The lowest BCUT2D eigenvalue weighted by Gasteiger charge is -2.24. The maximum atomic E-state index is 12.3. The van der Waals surface area contributed by atoms with Crippen molar-refractivity contribution in [1.82, 2.24) is 15.4 Å². The first kappa shape index (κ1) is 22.6. The monoisotopic (exact) mass is 410 g/mol. The second-order valence-electron chi connectivity index (χ2n) is 7.75. The van der Waals surface area contributed by atoms with Crippen LogP contribution in [0.25, 0.3) is 0 Å². The lowest BCUT2D eigenvalue weighted by molar-refractivity contribution is 0.0243. The minimum Gasteiger partial charge on any atom is -0.373 e. The van der Waals surface area contributed by atoms with Gasteiger partial charge in [0, 0.05) is 25.7 Å². The fourth-order valence-electron chi connectivity index (χ4n) is 3.21. The first-order valence-electron chi connectivity index (χ1n) is 9.96. The average molecular weight is 411 g/mol. The molecule has 1 heterocycles. The molecular weight excluding hydrogens is 376 g/mol. The fraction of sp³-hybridized carbons (Fsp3) is 0.650. The van der Waals surface area contributed by atoms with Crippen molar-refractivity contribution in [2.75, 3.05) is 19.7 Å². The molecular formula is C20H34N4O3S. The molecule has 1 aliphatic heterocycles. The summed E-state index contributed by atoms with van der Waals surface area (Å²) in [6.45, 7) is 10.4. The maximum Gasteiger partial charge on any atom is 0.216 e. The predicted molar refractivity (Wildman–Crippen MR) is 114 cm³/mol. The molecule has 8 heteroatoms. The van der Waals surface area contributed by atoms with Gasteiger partial charge in [0.1, 0.15) is 0 Å². The van der Waals surface area contributed by atoms with Crippen LogP contribution >= 0.6 is 0 Å². The molecule has 28 heavy (non-hydrogen) atoms. The highest BCUT2D eigenvalue weighted by molar-refractivity contribution is 7.88. The summed E-state index contributed by atoms with van der Waals surface area (Å²) in [5, 5.41) is 6.59. The zero-order valence-corrected chi connectivity index (χ0v) is 18.2. The third kappa shape index (κ3) is 7.41. The molecule has 0 bridgehead atoms. The molecule has 0 aliphatic carbocycles. The van der Waals surface area contributed by atoms with Crippen molar-refractivity contribution in [3.05, 3.63) is 35.4 Å². The summed E-state index contributed by atoms with van der Waals surface area (Å²) in [5.74, 6) is 0.657. The number of rotatable bonds is 9. The van der Waals surface area contributed by atoms with Gasteiger partial charge < -0.3 is 15.4 Å². The summed E-state index contributed by atoms with van der Waals surface area (Å²) in [6, 6.07) is 7.41. The van der Waals surface area contributed by atoms with E-state index in [-0.39, 0.29) is 17.4 Å². The average Bonchev–Trinajstić information content (AvgIpc) is 3.04. The molecule has 1 atom stereocenters. The number of hydrogen-bond donors (Lipinski definition) is 3. The van der Waals surface area contributed by atoms with E-state index in [1.54, 1.807) is 0 Å². The van der Waals surface area contributed by atoms with Crippen LogP contribution < -0.4 is 15.4 Å². The van der Waals surface area contributed by atoms with Gasteiger partial charge in [0.15, 0.2) is 5.96 Å². The van der Waals surface area contributed by atoms with Crippen LogP contribution in [0.3, 0.4) is 0 Å². The Bertz CT molecular complexity index is 756. The summed E-state index contributed by atoms with van der Waals surface area (Å²) in [4.78, 5) is 4.65. The number of nitrogens with one attached hydrogen (secondary N) is 3. The van der Waals surface area contributed by atoms with E-state index < -0.39 is 10.0 Å². The van der Waals surface area contributed by atoms with Crippen LogP contribution in [0.4, 0.5) is 0 Å². The van der Waals surface area contributed by atoms with Crippen LogP contribution in [-0.4, -0.2) is 45.7 Å². The molecule has 2 rings (SSSR count). The van der Waals surface area contributed by atoms with Gasteiger partial charge in [-0.1, -0.05) is 24.3 Å². The molecule has 0 saturated carbocycles. The molecule has 1 aliphatic rings. The summed E-state index contributed by atoms with van der Waals surface area (Å²) in [6.07, 6.45) is 2.11. The van der Waals surface area contributed by atoms with Gasteiger partial charge in [-0.15, -0.1) is 0 Å². The molecule has 1 aromatic rings. The maximum absolute atomic E-state index is 12.3. The molecule has 1 saturated heterocycles. The molecule has 0 radical (unpaired) electrons. The number of aliphatic imine (C=N–C) groups is 1. The smallest absolute Gasteiger partial charge is 0.216 e. The highest BCUT2D eigenvalue weighted by Crippen LogP contribution is 2.23. The standard InChI is InChI=1S/C20H34N4O3S/c1-5-21-19(23-15-20(4)11-8-12-27-20)22-13-17-9-6-7-10-18(17)14-28(25,26)24-16(2)3/h6-7,9-10,16,24H,5,8,11-15H2,1-4H3,(H2,21,22,23). The van der Waals surface area contributed by atoms with Gasteiger partial charge in [0.2, 0.25) is 10.0 Å². The minimum atomic E-state index is -3.38. The van der Waals surface area contributed by atoms with Gasteiger partial charge in [-0.05, 0) is 51.7 Å².